The van der Waals surface area contributed by atoms with E-state index >= 15 is 0 Å². The second-order valence-corrected chi connectivity index (χ2v) is 6.90. The minimum atomic E-state index is -4.49. The highest BCUT2D eigenvalue weighted by Gasteiger charge is 2.29. The van der Waals surface area contributed by atoms with Crippen molar-refractivity contribution < 1.29 is 26.8 Å². The summed E-state index contributed by atoms with van der Waals surface area (Å²) < 4.78 is 54.8. The predicted octanol–water partition coefficient (Wildman–Crippen LogP) is 2.75. The molecule has 0 saturated heterocycles. The molecule has 0 amide bonds. The number of nitrogens with one attached hydrogen (secondary N) is 1. The molecule has 0 aliphatic heterocycles. The van der Waals surface area contributed by atoms with Crippen molar-refractivity contribution in [1.29, 1.82) is 0 Å². The Kier molecular flexibility index (Phi) is 4.86. The lowest BCUT2D eigenvalue weighted by Crippen LogP contribution is -2.33. The summed E-state index contributed by atoms with van der Waals surface area (Å²) in [5, 5.41) is 12.2. The summed E-state index contributed by atoms with van der Waals surface area (Å²) in [5.74, 6) is -0.288. The lowest BCUT2D eigenvalue weighted by atomic mass is 10.2. The van der Waals surface area contributed by atoms with Crippen molar-refractivity contribution in [3.05, 3.63) is 53.0 Å². The van der Waals surface area contributed by atoms with Crippen LogP contribution in [0.4, 0.5) is 13.2 Å². The van der Waals surface area contributed by atoms with Gasteiger partial charge in [-0.2, -0.15) is 17.9 Å². The molecule has 0 bridgehead atoms. The summed E-state index contributed by atoms with van der Waals surface area (Å²) in [5.41, 5.74) is 1.59. The number of ether oxygens (including phenoxy) is 1. The fourth-order valence-electron chi connectivity index (χ4n) is 2.38. The molecule has 1 N–H and O–H groups in total. The number of pyridine rings is 1. The third kappa shape index (κ3) is 3.96. The zero-order chi connectivity index (χ0) is 18.9. The molecule has 0 saturated carbocycles. The first kappa shape index (κ1) is 18.2. The van der Waals surface area contributed by atoms with E-state index in [-0.39, 0.29) is 27.9 Å². The molecule has 0 spiro atoms. The molecule has 0 fully saturated rings. The maximum Gasteiger partial charge on any atom is 0.422 e. The van der Waals surface area contributed by atoms with Crippen LogP contribution in [0.15, 0.2) is 41.7 Å². The van der Waals surface area contributed by atoms with Crippen molar-refractivity contribution in [2.24, 2.45) is 0 Å². The van der Waals surface area contributed by atoms with Gasteiger partial charge in [-0.05, 0) is 19.1 Å². The summed E-state index contributed by atoms with van der Waals surface area (Å²) in [6, 6.07) is 8.25. The average Bonchev–Trinajstić information content (AvgIpc) is 3.01. The number of benzene rings is 1. The van der Waals surface area contributed by atoms with E-state index in [0.29, 0.717) is 15.8 Å². The number of alkyl halides is 3. The Bertz CT molecular complexity index is 939. The number of hydrogen-bond acceptors (Lipinski definition) is 4. The van der Waals surface area contributed by atoms with Crippen LogP contribution in [0.2, 0.25) is 0 Å². The molecule has 0 radical (unpaired) electrons. The third-order valence-electron chi connectivity index (χ3n) is 3.67. The number of fused-ring (bicyclic) bond motifs is 1. The van der Waals surface area contributed by atoms with Gasteiger partial charge >= 0.3 is 6.18 Å². The Morgan fingerprint density at radius 3 is 2.73 bits per heavy atom. The standard InChI is InChI=1S/C16H14F3N3O3S/c1-10-13(22(23)7-6-14(10)25-9-16(17,18)19)8-26(24)15-20-11-4-2-3-5-12(11)21-15/h2-7H,8-9H2,1H3,(H,20,21)/t26-/m1/s1. The van der Waals surface area contributed by atoms with E-state index < -0.39 is 23.6 Å². The average molecular weight is 385 g/mol. The van der Waals surface area contributed by atoms with E-state index in [1.165, 1.54) is 6.92 Å². The fourth-order valence-corrected chi connectivity index (χ4v) is 3.53. The summed E-state index contributed by atoms with van der Waals surface area (Å²) in [4.78, 5) is 7.12. The van der Waals surface area contributed by atoms with Gasteiger partial charge in [0.1, 0.15) is 11.5 Å². The first-order valence-electron chi connectivity index (χ1n) is 7.49. The van der Waals surface area contributed by atoms with Crippen LogP contribution >= 0.6 is 0 Å². The van der Waals surface area contributed by atoms with Gasteiger partial charge in [0.2, 0.25) is 5.69 Å². The monoisotopic (exact) mass is 385 g/mol. The minimum Gasteiger partial charge on any atom is -0.618 e. The summed E-state index contributed by atoms with van der Waals surface area (Å²) in [6.07, 6.45) is -3.46. The molecule has 1 aromatic carbocycles. The van der Waals surface area contributed by atoms with Crippen molar-refractivity contribution in [1.82, 2.24) is 9.97 Å². The van der Waals surface area contributed by atoms with Crippen LogP contribution < -0.4 is 9.47 Å². The Hall–Kier alpha value is -2.62. The van der Waals surface area contributed by atoms with Gasteiger partial charge in [0.05, 0.1) is 27.4 Å². The number of para-hydroxylation sites is 2. The Balaban J connectivity index is 1.85. The molecule has 0 aliphatic carbocycles. The number of aromatic nitrogens is 3. The van der Waals surface area contributed by atoms with Crippen molar-refractivity contribution in [3.63, 3.8) is 0 Å². The summed E-state index contributed by atoms with van der Waals surface area (Å²) in [6.45, 7) is -0.0198. The molecule has 1 atom stereocenters. The second kappa shape index (κ2) is 6.94. The van der Waals surface area contributed by atoms with Crippen LogP contribution in [0.1, 0.15) is 11.3 Å². The van der Waals surface area contributed by atoms with Gasteiger partial charge in [0.25, 0.3) is 0 Å². The summed E-state index contributed by atoms with van der Waals surface area (Å²) >= 11 is 0. The fraction of sp³-hybridized carbons (Fsp3) is 0.250. The number of halogens is 3. The van der Waals surface area contributed by atoms with E-state index in [9.17, 15) is 22.6 Å². The molecule has 2 heterocycles. The molecule has 3 rings (SSSR count). The molecule has 10 heteroatoms. The van der Waals surface area contributed by atoms with Crippen molar-refractivity contribution in [2.75, 3.05) is 6.61 Å². The van der Waals surface area contributed by atoms with E-state index in [2.05, 4.69) is 9.97 Å². The topological polar surface area (TPSA) is 81.9 Å². The highest BCUT2D eigenvalue weighted by molar-refractivity contribution is 7.84. The molecule has 26 heavy (non-hydrogen) atoms. The normalized spacial score (nSPS) is 13.1. The minimum absolute atomic E-state index is 0.0588. The van der Waals surface area contributed by atoms with E-state index in [1.54, 1.807) is 24.3 Å². The maximum absolute atomic E-state index is 12.6. The van der Waals surface area contributed by atoms with Gasteiger partial charge in [-0.15, -0.1) is 0 Å². The molecular formula is C16H14F3N3O3S. The van der Waals surface area contributed by atoms with Gasteiger partial charge < -0.3 is 14.9 Å². The molecule has 3 aromatic rings. The van der Waals surface area contributed by atoms with Gasteiger partial charge in [0, 0.05) is 6.07 Å². The van der Waals surface area contributed by atoms with Crippen LogP contribution in [-0.2, 0) is 16.6 Å². The smallest absolute Gasteiger partial charge is 0.422 e. The van der Waals surface area contributed by atoms with Crippen LogP contribution in [0.5, 0.6) is 5.75 Å². The number of H-pyrrole nitrogens is 1. The lowest BCUT2D eigenvalue weighted by molar-refractivity contribution is -0.613. The number of nitrogens with zero attached hydrogens (tertiary/aromatic N) is 2. The largest absolute Gasteiger partial charge is 0.618 e. The van der Waals surface area contributed by atoms with Crippen molar-refractivity contribution in [3.8, 4) is 5.75 Å². The highest BCUT2D eigenvalue weighted by Crippen LogP contribution is 2.24. The Labute approximate surface area is 148 Å². The van der Waals surface area contributed by atoms with Gasteiger partial charge in [-0.3, -0.25) is 4.21 Å². The first-order chi connectivity index (χ1) is 12.2. The molecule has 0 unspecified atom stereocenters. The summed E-state index contributed by atoms with van der Waals surface area (Å²) in [7, 11) is -1.68. The number of aromatic amines is 1. The van der Waals surface area contributed by atoms with Gasteiger partial charge in [-0.1, -0.05) is 12.1 Å². The van der Waals surface area contributed by atoms with Crippen LogP contribution in [0, 0.1) is 12.1 Å². The highest BCUT2D eigenvalue weighted by atomic mass is 32.2. The van der Waals surface area contributed by atoms with Crippen LogP contribution in [0.25, 0.3) is 11.0 Å². The third-order valence-corrected chi connectivity index (χ3v) is 4.83. The van der Waals surface area contributed by atoms with Gasteiger partial charge in [0.15, 0.2) is 18.0 Å². The number of hydrogen-bond donors (Lipinski definition) is 1. The van der Waals surface area contributed by atoms with Crippen molar-refractivity contribution >= 4 is 21.8 Å². The van der Waals surface area contributed by atoms with Gasteiger partial charge in [-0.25, -0.2) is 4.98 Å². The van der Waals surface area contributed by atoms with E-state index in [1.807, 2.05) is 0 Å². The van der Waals surface area contributed by atoms with E-state index in [4.69, 9.17) is 4.74 Å². The van der Waals surface area contributed by atoms with Crippen LogP contribution in [0.3, 0.4) is 0 Å². The molecular weight excluding hydrogens is 371 g/mol. The molecule has 138 valence electrons. The van der Waals surface area contributed by atoms with Crippen molar-refractivity contribution in [2.45, 2.75) is 24.0 Å². The molecule has 0 aliphatic rings. The molecule has 6 nitrogen and oxygen atoms in total. The number of imidazole rings is 1. The van der Waals surface area contributed by atoms with E-state index in [0.717, 1.165) is 12.3 Å². The lowest BCUT2D eigenvalue weighted by Gasteiger charge is -2.13. The second-order valence-electron chi connectivity index (χ2n) is 5.53. The predicted molar refractivity (Wildman–Crippen MR) is 87.9 cm³/mol. The number of rotatable bonds is 5. The zero-order valence-corrected chi connectivity index (χ0v) is 14.4. The Morgan fingerprint density at radius 2 is 2.04 bits per heavy atom. The molecule has 2 aromatic heterocycles. The first-order valence-corrected chi connectivity index (χ1v) is 8.81. The quantitative estimate of drug-likeness (QED) is 0.541. The Morgan fingerprint density at radius 1 is 1.31 bits per heavy atom. The maximum atomic E-state index is 12.6. The zero-order valence-electron chi connectivity index (χ0n) is 13.5. The SMILES string of the molecule is Cc1c(OCC(F)(F)F)cc[n+]([O-])c1C[S@@](=O)c1nc2ccccc2[nH]1. The van der Waals surface area contributed by atoms with Crippen LogP contribution in [-0.4, -0.2) is 27.0 Å².